The minimum atomic E-state index is 0. The number of halogens is 2. The number of hydrogen-bond acceptors (Lipinski definition) is 4. The normalized spacial score (nSPS) is 31.5. The van der Waals surface area contributed by atoms with Gasteiger partial charge >= 0.3 is 0 Å². The van der Waals surface area contributed by atoms with Gasteiger partial charge in [0, 0.05) is 44.7 Å². The van der Waals surface area contributed by atoms with Crippen LogP contribution in [0, 0.1) is 17.8 Å². The molecule has 1 aliphatic heterocycles. The lowest BCUT2D eigenvalue weighted by Gasteiger charge is -2.57. The first kappa shape index (κ1) is 24.5. The second kappa shape index (κ2) is 10.2. The molecule has 0 atom stereocenters. The molecule has 1 heterocycles. The summed E-state index contributed by atoms with van der Waals surface area (Å²) in [5.74, 6) is 3.86. The Morgan fingerprint density at radius 2 is 1.58 bits per heavy atom. The Bertz CT molecular complexity index is 717. The molecular formula is C24H37Cl2N3O2. The van der Waals surface area contributed by atoms with E-state index >= 15 is 0 Å². The predicted octanol–water partition coefficient (Wildman–Crippen LogP) is 4.14. The molecule has 174 valence electrons. The van der Waals surface area contributed by atoms with Crippen molar-refractivity contribution in [1.29, 1.82) is 0 Å². The molecule has 5 aliphatic rings. The molecular weight excluding hydrogens is 433 g/mol. The van der Waals surface area contributed by atoms with Crippen LogP contribution < -0.4 is 15.0 Å². The van der Waals surface area contributed by atoms with Crippen LogP contribution in [0.1, 0.15) is 44.9 Å². The molecule has 6 rings (SSSR count). The van der Waals surface area contributed by atoms with Gasteiger partial charge in [-0.05, 0) is 68.4 Å². The standard InChI is InChI=1S/C24H35N3O2.2ClH/c1-29-22-5-3-2-4-21(22)27-10-8-26(9-11-27)7-6-23(28)25-24-15-18-12-19(16-24)14-20(13-18)17-24;;/h2-5,18-20H,6-17H2,1H3,(H,25,28);2*1H. The number of benzene rings is 1. The van der Waals surface area contributed by atoms with Crippen LogP contribution in [0.5, 0.6) is 5.75 Å². The molecule has 1 aromatic carbocycles. The van der Waals surface area contributed by atoms with E-state index in [9.17, 15) is 4.79 Å². The maximum absolute atomic E-state index is 12.8. The molecule has 0 aromatic heterocycles. The first-order chi connectivity index (χ1) is 14.1. The van der Waals surface area contributed by atoms with Crippen molar-refractivity contribution < 1.29 is 9.53 Å². The fourth-order valence-corrected chi connectivity index (χ4v) is 6.99. The number of anilines is 1. The molecule has 7 heteroatoms. The van der Waals surface area contributed by atoms with E-state index in [0.717, 1.165) is 56.2 Å². The molecule has 4 bridgehead atoms. The fraction of sp³-hybridized carbons (Fsp3) is 0.708. The minimum absolute atomic E-state index is 0. The van der Waals surface area contributed by atoms with Gasteiger partial charge in [0.2, 0.25) is 5.91 Å². The van der Waals surface area contributed by atoms with Crippen molar-refractivity contribution >= 4 is 36.4 Å². The summed E-state index contributed by atoms with van der Waals surface area (Å²) in [6, 6.07) is 8.24. The summed E-state index contributed by atoms with van der Waals surface area (Å²) in [6.07, 6.45) is 8.62. The van der Waals surface area contributed by atoms with Crippen molar-refractivity contribution in [3.63, 3.8) is 0 Å². The summed E-state index contributed by atoms with van der Waals surface area (Å²) in [7, 11) is 1.73. The van der Waals surface area contributed by atoms with Gasteiger partial charge in [0.05, 0.1) is 12.8 Å². The summed E-state index contributed by atoms with van der Waals surface area (Å²) in [5.41, 5.74) is 1.32. The molecule has 5 nitrogen and oxygen atoms in total. The van der Waals surface area contributed by atoms with Crippen LogP contribution in [0.3, 0.4) is 0 Å². The van der Waals surface area contributed by atoms with E-state index in [1.807, 2.05) is 12.1 Å². The van der Waals surface area contributed by atoms with Crippen LogP contribution in [0.4, 0.5) is 5.69 Å². The van der Waals surface area contributed by atoms with E-state index in [1.165, 1.54) is 44.2 Å². The average molecular weight is 470 g/mol. The number of ether oxygens (including phenoxy) is 1. The van der Waals surface area contributed by atoms with E-state index in [1.54, 1.807) is 7.11 Å². The lowest BCUT2D eigenvalue weighted by molar-refractivity contribution is -0.127. The van der Waals surface area contributed by atoms with Crippen molar-refractivity contribution in [2.45, 2.75) is 50.5 Å². The third-order valence-electron chi connectivity index (χ3n) is 7.90. The molecule has 4 saturated carbocycles. The molecule has 1 N–H and O–H groups in total. The predicted molar refractivity (Wildman–Crippen MR) is 130 cm³/mol. The Balaban J connectivity index is 0.00000136. The van der Waals surface area contributed by atoms with Gasteiger partial charge < -0.3 is 15.0 Å². The highest BCUT2D eigenvalue weighted by Gasteiger charge is 2.51. The summed E-state index contributed by atoms with van der Waals surface area (Å²) in [6.45, 7) is 4.84. The molecule has 1 amide bonds. The van der Waals surface area contributed by atoms with Gasteiger partial charge in [0.15, 0.2) is 0 Å². The number of methoxy groups -OCH3 is 1. The average Bonchev–Trinajstić information content (AvgIpc) is 2.71. The highest BCUT2D eigenvalue weighted by Crippen LogP contribution is 2.55. The third-order valence-corrected chi connectivity index (χ3v) is 7.90. The highest BCUT2D eigenvalue weighted by atomic mass is 35.5. The van der Waals surface area contributed by atoms with Crippen LogP contribution in [0.25, 0.3) is 0 Å². The topological polar surface area (TPSA) is 44.8 Å². The first-order valence-electron chi connectivity index (χ1n) is 11.5. The van der Waals surface area contributed by atoms with E-state index in [2.05, 4.69) is 27.2 Å². The maximum atomic E-state index is 12.8. The zero-order valence-corrected chi connectivity index (χ0v) is 20.2. The van der Waals surface area contributed by atoms with Gasteiger partial charge in [-0.3, -0.25) is 9.69 Å². The largest absolute Gasteiger partial charge is 0.495 e. The SMILES string of the molecule is COc1ccccc1N1CCN(CCC(=O)NC23CC4CC(CC(C4)C2)C3)CC1.Cl.Cl. The Labute approximate surface area is 199 Å². The van der Waals surface area contributed by atoms with Gasteiger partial charge in [0.25, 0.3) is 0 Å². The van der Waals surface area contributed by atoms with Crippen LogP contribution in [-0.4, -0.2) is 56.2 Å². The third kappa shape index (κ3) is 5.26. The van der Waals surface area contributed by atoms with Crippen molar-refractivity contribution in [3.05, 3.63) is 24.3 Å². The zero-order valence-electron chi connectivity index (χ0n) is 18.6. The van der Waals surface area contributed by atoms with Crippen LogP contribution in [-0.2, 0) is 4.79 Å². The number of nitrogens with one attached hydrogen (secondary N) is 1. The Morgan fingerprint density at radius 3 is 2.16 bits per heavy atom. The zero-order chi connectivity index (χ0) is 19.8. The monoisotopic (exact) mass is 469 g/mol. The van der Waals surface area contributed by atoms with E-state index in [0.29, 0.717) is 6.42 Å². The molecule has 31 heavy (non-hydrogen) atoms. The second-order valence-electron chi connectivity index (χ2n) is 10.00. The second-order valence-corrected chi connectivity index (χ2v) is 10.00. The van der Waals surface area contributed by atoms with Gasteiger partial charge in [-0.15, -0.1) is 24.8 Å². The molecule has 1 aromatic rings. The van der Waals surface area contributed by atoms with Gasteiger partial charge in [-0.25, -0.2) is 0 Å². The molecule has 5 fully saturated rings. The smallest absolute Gasteiger partial charge is 0.221 e. The van der Waals surface area contributed by atoms with E-state index < -0.39 is 0 Å². The highest BCUT2D eigenvalue weighted by molar-refractivity contribution is 5.85. The minimum Gasteiger partial charge on any atom is -0.495 e. The first-order valence-corrected chi connectivity index (χ1v) is 11.5. The van der Waals surface area contributed by atoms with Crippen molar-refractivity contribution in [2.24, 2.45) is 17.8 Å². The van der Waals surface area contributed by atoms with Crippen LogP contribution in [0.15, 0.2) is 24.3 Å². The summed E-state index contributed by atoms with van der Waals surface area (Å²) >= 11 is 0. The number of amides is 1. The maximum Gasteiger partial charge on any atom is 0.221 e. The Hall–Kier alpha value is -1.17. The van der Waals surface area contributed by atoms with E-state index in [-0.39, 0.29) is 36.3 Å². The summed E-state index contributed by atoms with van der Waals surface area (Å²) in [5, 5.41) is 3.52. The quantitative estimate of drug-likeness (QED) is 0.679. The number of piperazine rings is 1. The molecule has 4 aliphatic carbocycles. The number of nitrogens with zero attached hydrogens (tertiary/aromatic N) is 2. The Kier molecular flexibility index (Phi) is 8.04. The number of hydrogen-bond donors (Lipinski definition) is 1. The van der Waals surface area contributed by atoms with Gasteiger partial charge in [-0.1, -0.05) is 12.1 Å². The van der Waals surface area contributed by atoms with Crippen LogP contribution >= 0.6 is 24.8 Å². The number of para-hydroxylation sites is 2. The van der Waals surface area contributed by atoms with Crippen molar-refractivity contribution in [2.75, 3.05) is 44.7 Å². The lowest BCUT2D eigenvalue weighted by Crippen LogP contribution is -2.60. The van der Waals surface area contributed by atoms with Gasteiger partial charge in [0.1, 0.15) is 5.75 Å². The number of rotatable bonds is 6. The number of carbonyl (C=O) groups is 1. The van der Waals surface area contributed by atoms with Gasteiger partial charge in [-0.2, -0.15) is 0 Å². The number of carbonyl (C=O) groups excluding carboxylic acids is 1. The lowest BCUT2D eigenvalue weighted by atomic mass is 9.53. The van der Waals surface area contributed by atoms with Crippen molar-refractivity contribution in [3.8, 4) is 5.75 Å². The molecule has 1 saturated heterocycles. The summed E-state index contributed by atoms with van der Waals surface area (Å²) < 4.78 is 5.51. The van der Waals surface area contributed by atoms with Crippen LogP contribution in [0.2, 0.25) is 0 Å². The molecule has 0 unspecified atom stereocenters. The Morgan fingerprint density at radius 1 is 1.00 bits per heavy atom. The van der Waals surface area contributed by atoms with Crippen molar-refractivity contribution in [1.82, 2.24) is 10.2 Å². The summed E-state index contributed by atoms with van der Waals surface area (Å²) in [4.78, 5) is 17.6. The molecule has 0 spiro atoms. The molecule has 0 radical (unpaired) electrons. The fourth-order valence-electron chi connectivity index (χ4n) is 6.99. The van der Waals surface area contributed by atoms with E-state index in [4.69, 9.17) is 4.74 Å².